The zero-order valence-electron chi connectivity index (χ0n) is 16.7. The fraction of sp³-hybridized carbons (Fsp3) is 0.120. The van der Waals surface area contributed by atoms with Gasteiger partial charge in [0, 0.05) is 26.7 Å². The number of benzene rings is 3. The van der Waals surface area contributed by atoms with Crippen molar-refractivity contribution >= 4 is 40.8 Å². The molecular weight excluding hydrogens is 435 g/mol. The molecule has 156 valence electrons. The topological polar surface area (TPSA) is 52.6 Å². The molecule has 0 amide bonds. The summed E-state index contributed by atoms with van der Waals surface area (Å²) in [6.45, 7) is 2.54. The number of allylic oxidation sites excluding steroid dienone is 1. The molecule has 1 aliphatic carbocycles. The summed E-state index contributed by atoms with van der Waals surface area (Å²) in [6, 6.07) is 17.3. The zero-order valence-corrected chi connectivity index (χ0v) is 18.2. The highest BCUT2D eigenvalue weighted by atomic mass is 35.5. The van der Waals surface area contributed by atoms with Crippen LogP contribution in [0.1, 0.15) is 38.8 Å². The van der Waals surface area contributed by atoms with Gasteiger partial charge >= 0.3 is 0 Å². The first-order valence-corrected chi connectivity index (χ1v) is 10.5. The summed E-state index contributed by atoms with van der Waals surface area (Å²) < 4.78 is 11.6. The van der Waals surface area contributed by atoms with Gasteiger partial charge in [0.1, 0.15) is 6.61 Å². The van der Waals surface area contributed by atoms with Crippen LogP contribution in [0.15, 0.2) is 66.2 Å². The molecule has 0 bridgehead atoms. The number of carbonyl (C=O) groups excluding carboxylic acids is 2. The lowest BCUT2D eigenvalue weighted by atomic mass is 10.1. The monoisotopic (exact) mass is 452 g/mol. The number of ether oxygens (including phenoxy) is 2. The highest BCUT2D eigenvalue weighted by Gasteiger charge is 2.32. The number of hydrogen-bond donors (Lipinski definition) is 0. The fourth-order valence-electron chi connectivity index (χ4n) is 3.37. The number of ketones is 2. The number of carbonyl (C=O) groups is 2. The van der Waals surface area contributed by atoms with Gasteiger partial charge in [-0.05, 0) is 42.8 Å². The largest absolute Gasteiger partial charge is 0.490 e. The average Bonchev–Trinajstić information content (AvgIpc) is 2.99. The first-order valence-electron chi connectivity index (χ1n) is 9.71. The van der Waals surface area contributed by atoms with E-state index < -0.39 is 0 Å². The summed E-state index contributed by atoms with van der Waals surface area (Å²) >= 11 is 12.2. The molecule has 0 aliphatic heterocycles. The van der Waals surface area contributed by atoms with Crippen molar-refractivity contribution in [3.63, 3.8) is 0 Å². The summed E-state index contributed by atoms with van der Waals surface area (Å²) in [5.41, 5.74) is 2.47. The standard InChI is InChI=1S/C25H18Cl2O4/c1-2-30-23-12-15(11-20-24(28)18-5-3-4-6-19(18)25(20)29)7-10-22(23)31-14-16-8-9-17(26)13-21(16)27/h3-13H,2,14H2,1H3. The molecule has 0 atom stereocenters. The van der Waals surface area contributed by atoms with E-state index in [2.05, 4.69) is 0 Å². The van der Waals surface area contributed by atoms with Crippen LogP contribution in [0, 0.1) is 0 Å². The molecule has 0 unspecified atom stereocenters. The Hall–Kier alpha value is -3.08. The minimum atomic E-state index is -0.267. The SMILES string of the molecule is CCOc1cc(C=C2C(=O)c3ccccc3C2=O)ccc1OCc1ccc(Cl)cc1Cl. The van der Waals surface area contributed by atoms with Crippen LogP contribution in [0.25, 0.3) is 6.08 Å². The third-order valence-electron chi connectivity index (χ3n) is 4.88. The summed E-state index contributed by atoms with van der Waals surface area (Å²) in [5.74, 6) is 0.507. The molecule has 0 radical (unpaired) electrons. The normalized spacial score (nSPS) is 12.7. The van der Waals surface area contributed by atoms with Gasteiger partial charge in [0.2, 0.25) is 0 Å². The van der Waals surface area contributed by atoms with Gasteiger partial charge in [-0.1, -0.05) is 59.6 Å². The van der Waals surface area contributed by atoms with Gasteiger partial charge < -0.3 is 9.47 Å². The second-order valence-corrected chi connectivity index (χ2v) is 7.77. The van der Waals surface area contributed by atoms with Crippen LogP contribution in [0.4, 0.5) is 0 Å². The van der Waals surface area contributed by atoms with Gasteiger partial charge in [0.25, 0.3) is 0 Å². The van der Waals surface area contributed by atoms with Crippen LogP contribution in [0.3, 0.4) is 0 Å². The van der Waals surface area contributed by atoms with E-state index in [1.54, 1.807) is 66.7 Å². The van der Waals surface area contributed by atoms with E-state index in [9.17, 15) is 9.59 Å². The summed E-state index contributed by atoms with van der Waals surface area (Å²) in [4.78, 5) is 25.3. The molecule has 3 aromatic rings. The van der Waals surface area contributed by atoms with Crippen molar-refractivity contribution in [1.29, 1.82) is 0 Å². The third-order valence-corrected chi connectivity index (χ3v) is 5.47. The molecule has 31 heavy (non-hydrogen) atoms. The number of Topliss-reactive ketones (excluding diaryl/α,β-unsaturated/α-hetero) is 2. The first-order chi connectivity index (χ1) is 15.0. The Balaban J connectivity index is 1.60. The molecule has 0 saturated heterocycles. The maximum atomic E-state index is 12.6. The van der Waals surface area contributed by atoms with Crippen LogP contribution in [0.5, 0.6) is 11.5 Å². The van der Waals surface area contributed by atoms with E-state index in [0.29, 0.717) is 44.8 Å². The van der Waals surface area contributed by atoms with Gasteiger partial charge in [0.05, 0.1) is 12.2 Å². The van der Waals surface area contributed by atoms with Gasteiger partial charge in [-0.25, -0.2) is 0 Å². The van der Waals surface area contributed by atoms with E-state index in [4.69, 9.17) is 32.7 Å². The number of halogens is 2. The Morgan fingerprint density at radius 2 is 1.55 bits per heavy atom. The molecule has 4 rings (SSSR count). The molecule has 3 aromatic carbocycles. The Labute approximate surface area is 190 Å². The van der Waals surface area contributed by atoms with Crippen molar-refractivity contribution in [2.45, 2.75) is 13.5 Å². The molecule has 4 nitrogen and oxygen atoms in total. The van der Waals surface area contributed by atoms with Crippen molar-refractivity contribution in [3.05, 3.63) is 98.5 Å². The van der Waals surface area contributed by atoms with Gasteiger partial charge in [-0.2, -0.15) is 0 Å². The molecule has 0 fully saturated rings. The van der Waals surface area contributed by atoms with Gasteiger partial charge in [-0.3, -0.25) is 9.59 Å². The molecule has 0 N–H and O–H groups in total. The molecule has 1 aliphatic rings. The molecule has 0 aromatic heterocycles. The molecular formula is C25H18Cl2O4. The highest BCUT2D eigenvalue weighted by Crippen LogP contribution is 2.33. The third kappa shape index (κ3) is 4.36. The minimum absolute atomic E-state index is 0.144. The second kappa shape index (κ2) is 8.96. The maximum Gasteiger partial charge on any atom is 0.197 e. The van der Waals surface area contributed by atoms with E-state index in [0.717, 1.165) is 5.56 Å². The lowest BCUT2D eigenvalue weighted by Crippen LogP contribution is -2.02. The van der Waals surface area contributed by atoms with E-state index in [1.807, 2.05) is 6.92 Å². The second-order valence-electron chi connectivity index (χ2n) is 6.93. The van der Waals surface area contributed by atoms with Gasteiger partial charge in [-0.15, -0.1) is 0 Å². The van der Waals surface area contributed by atoms with E-state index in [1.165, 1.54) is 0 Å². The quantitative estimate of drug-likeness (QED) is 0.319. The van der Waals surface area contributed by atoms with Crippen LogP contribution < -0.4 is 9.47 Å². The van der Waals surface area contributed by atoms with Crippen LogP contribution >= 0.6 is 23.2 Å². The number of hydrogen-bond acceptors (Lipinski definition) is 4. The Kier molecular flexibility index (Phi) is 6.12. The summed E-state index contributed by atoms with van der Waals surface area (Å²) in [6.07, 6.45) is 1.59. The first kappa shape index (κ1) is 21.2. The molecule has 0 spiro atoms. The average molecular weight is 453 g/mol. The van der Waals surface area contributed by atoms with Crippen molar-refractivity contribution < 1.29 is 19.1 Å². The predicted molar refractivity (Wildman–Crippen MR) is 121 cm³/mol. The zero-order chi connectivity index (χ0) is 22.0. The minimum Gasteiger partial charge on any atom is -0.490 e. The van der Waals surface area contributed by atoms with Crippen molar-refractivity contribution in [3.8, 4) is 11.5 Å². The van der Waals surface area contributed by atoms with E-state index in [-0.39, 0.29) is 23.7 Å². The predicted octanol–water partition coefficient (Wildman–Crippen LogP) is 6.43. The smallest absolute Gasteiger partial charge is 0.197 e. The molecule has 0 saturated carbocycles. The Morgan fingerprint density at radius 1 is 0.839 bits per heavy atom. The van der Waals surface area contributed by atoms with E-state index >= 15 is 0 Å². The van der Waals surface area contributed by atoms with Crippen molar-refractivity contribution in [2.75, 3.05) is 6.61 Å². The number of fused-ring (bicyclic) bond motifs is 1. The maximum absolute atomic E-state index is 12.6. The highest BCUT2D eigenvalue weighted by molar-refractivity contribution is 6.41. The van der Waals surface area contributed by atoms with Crippen LogP contribution in [-0.4, -0.2) is 18.2 Å². The van der Waals surface area contributed by atoms with Crippen LogP contribution in [-0.2, 0) is 6.61 Å². The Morgan fingerprint density at radius 3 is 2.19 bits per heavy atom. The summed E-state index contributed by atoms with van der Waals surface area (Å²) in [5, 5.41) is 1.07. The summed E-state index contributed by atoms with van der Waals surface area (Å²) in [7, 11) is 0. The lowest BCUT2D eigenvalue weighted by Gasteiger charge is -2.13. The fourth-order valence-corrected chi connectivity index (χ4v) is 3.83. The number of rotatable bonds is 6. The van der Waals surface area contributed by atoms with Crippen LogP contribution in [0.2, 0.25) is 10.0 Å². The lowest BCUT2D eigenvalue weighted by molar-refractivity contribution is 0.0990. The van der Waals surface area contributed by atoms with Crippen molar-refractivity contribution in [2.24, 2.45) is 0 Å². The van der Waals surface area contributed by atoms with Gasteiger partial charge in [0.15, 0.2) is 23.1 Å². The molecule has 0 heterocycles. The molecule has 6 heteroatoms. The van der Waals surface area contributed by atoms with Crippen molar-refractivity contribution in [1.82, 2.24) is 0 Å². The Bertz CT molecular complexity index is 1180.